The van der Waals surface area contributed by atoms with E-state index >= 15 is 0 Å². The number of thioether (sulfide) groups is 1. The summed E-state index contributed by atoms with van der Waals surface area (Å²) in [4.78, 5) is 25.5. The highest BCUT2D eigenvalue weighted by Gasteiger charge is 2.17. The lowest BCUT2D eigenvalue weighted by Gasteiger charge is -2.11. The van der Waals surface area contributed by atoms with Gasteiger partial charge in [0.1, 0.15) is 6.33 Å². The Morgan fingerprint density at radius 1 is 0.968 bits per heavy atom. The Hall–Kier alpha value is -3.42. The number of aromatic nitrogens is 3. The number of benzene rings is 3. The van der Waals surface area contributed by atoms with E-state index in [2.05, 4.69) is 15.5 Å². The molecule has 0 aliphatic heterocycles. The zero-order valence-corrected chi connectivity index (χ0v) is 17.8. The summed E-state index contributed by atoms with van der Waals surface area (Å²) in [5, 5.41) is 11.9. The Balaban J connectivity index is 1.48. The Kier molecular flexibility index (Phi) is 6.45. The number of hydrogen-bond donors (Lipinski definition) is 1. The molecular formula is C23H17ClN4O2S. The van der Waals surface area contributed by atoms with Crippen LogP contribution in [-0.2, 0) is 4.79 Å². The number of carbonyl (C=O) groups is 2. The Labute approximate surface area is 188 Å². The maximum Gasteiger partial charge on any atom is 0.234 e. The molecule has 0 bridgehead atoms. The first-order valence-electron chi connectivity index (χ1n) is 9.39. The highest BCUT2D eigenvalue weighted by atomic mass is 35.5. The molecule has 0 fully saturated rings. The van der Waals surface area contributed by atoms with Gasteiger partial charge >= 0.3 is 0 Å². The minimum absolute atomic E-state index is 0.104. The van der Waals surface area contributed by atoms with Crippen molar-refractivity contribution >= 4 is 40.7 Å². The SMILES string of the molecule is O=C(CSc1nncn1-c1ccccc1)Nc1ccc(Cl)cc1C(=O)c1ccccc1. The van der Waals surface area contributed by atoms with Crippen LogP contribution in [0.25, 0.3) is 5.69 Å². The first-order valence-corrected chi connectivity index (χ1v) is 10.8. The molecule has 154 valence electrons. The molecule has 1 aromatic heterocycles. The molecule has 0 unspecified atom stereocenters. The van der Waals surface area contributed by atoms with E-state index in [1.165, 1.54) is 11.8 Å². The molecule has 0 aliphatic carbocycles. The maximum absolute atomic E-state index is 12.9. The van der Waals surface area contributed by atoms with E-state index < -0.39 is 0 Å². The zero-order chi connectivity index (χ0) is 21.6. The van der Waals surface area contributed by atoms with Crippen LogP contribution in [0.15, 0.2) is 90.3 Å². The van der Waals surface area contributed by atoms with Gasteiger partial charge in [-0.1, -0.05) is 71.9 Å². The molecule has 1 N–H and O–H groups in total. The molecule has 1 heterocycles. The summed E-state index contributed by atoms with van der Waals surface area (Å²) in [6, 6.07) is 23.3. The molecular weight excluding hydrogens is 432 g/mol. The largest absolute Gasteiger partial charge is 0.325 e. The van der Waals surface area contributed by atoms with Crippen LogP contribution in [0.1, 0.15) is 15.9 Å². The topological polar surface area (TPSA) is 76.9 Å². The number of para-hydroxylation sites is 1. The van der Waals surface area contributed by atoms with E-state index in [4.69, 9.17) is 11.6 Å². The van der Waals surface area contributed by atoms with Gasteiger partial charge < -0.3 is 5.32 Å². The average Bonchev–Trinajstić information content (AvgIpc) is 3.28. The molecule has 8 heteroatoms. The smallest absolute Gasteiger partial charge is 0.234 e. The number of nitrogens with zero attached hydrogens (tertiary/aromatic N) is 3. The molecule has 31 heavy (non-hydrogen) atoms. The molecule has 0 spiro atoms. The van der Waals surface area contributed by atoms with E-state index in [0.29, 0.717) is 27.0 Å². The van der Waals surface area contributed by atoms with Gasteiger partial charge in [-0.15, -0.1) is 10.2 Å². The van der Waals surface area contributed by atoms with Crippen molar-refractivity contribution in [2.45, 2.75) is 5.16 Å². The molecule has 4 aromatic rings. The third-order valence-electron chi connectivity index (χ3n) is 4.42. The van der Waals surface area contributed by atoms with Crippen LogP contribution >= 0.6 is 23.4 Å². The van der Waals surface area contributed by atoms with Gasteiger partial charge in [-0.05, 0) is 30.3 Å². The Morgan fingerprint density at radius 3 is 2.42 bits per heavy atom. The summed E-state index contributed by atoms with van der Waals surface area (Å²) >= 11 is 7.36. The lowest BCUT2D eigenvalue weighted by molar-refractivity contribution is -0.113. The number of carbonyl (C=O) groups excluding carboxylic acids is 2. The summed E-state index contributed by atoms with van der Waals surface area (Å²) in [6.07, 6.45) is 1.60. The molecule has 4 rings (SSSR count). The van der Waals surface area contributed by atoms with Gasteiger partial charge in [-0.3, -0.25) is 14.2 Å². The lowest BCUT2D eigenvalue weighted by atomic mass is 10.0. The fourth-order valence-corrected chi connectivity index (χ4v) is 3.86. The number of rotatable bonds is 7. The number of hydrogen-bond acceptors (Lipinski definition) is 5. The van der Waals surface area contributed by atoms with Crippen molar-refractivity contribution in [3.8, 4) is 5.69 Å². The second-order valence-corrected chi connectivity index (χ2v) is 7.92. The van der Waals surface area contributed by atoms with Gasteiger partial charge in [0, 0.05) is 21.8 Å². The van der Waals surface area contributed by atoms with Gasteiger partial charge in [0.2, 0.25) is 5.91 Å². The first-order chi connectivity index (χ1) is 15.1. The van der Waals surface area contributed by atoms with Crippen molar-refractivity contribution in [3.05, 3.63) is 101 Å². The van der Waals surface area contributed by atoms with Crippen LogP contribution in [0, 0.1) is 0 Å². The number of ketones is 1. The predicted molar refractivity (Wildman–Crippen MR) is 122 cm³/mol. The van der Waals surface area contributed by atoms with E-state index in [0.717, 1.165) is 5.69 Å². The fraction of sp³-hybridized carbons (Fsp3) is 0.0435. The summed E-state index contributed by atoms with van der Waals surface area (Å²) in [5.74, 6) is -0.375. The van der Waals surface area contributed by atoms with Crippen LogP contribution in [0.3, 0.4) is 0 Å². The highest BCUT2D eigenvalue weighted by molar-refractivity contribution is 7.99. The third kappa shape index (κ3) is 5.02. The monoisotopic (exact) mass is 448 g/mol. The molecule has 6 nitrogen and oxygen atoms in total. The van der Waals surface area contributed by atoms with E-state index in [1.54, 1.807) is 48.8 Å². The van der Waals surface area contributed by atoms with Crippen LogP contribution in [0.4, 0.5) is 5.69 Å². The summed E-state index contributed by atoms with van der Waals surface area (Å²) in [5.41, 5.74) is 2.17. The van der Waals surface area contributed by atoms with Crippen molar-refractivity contribution in [1.29, 1.82) is 0 Å². The van der Waals surface area contributed by atoms with Crippen LogP contribution < -0.4 is 5.32 Å². The number of nitrogens with one attached hydrogen (secondary N) is 1. The zero-order valence-electron chi connectivity index (χ0n) is 16.2. The highest BCUT2D eigenvalue weighted by Crippen LogP contribution is 2.25. The van der Waals surface area contributed by atoms with Crippen molar-refractivity contribution in [2.24, 2.45) is 0 Å². The van der Waals surface area contributed by atoms with E-state index in [1.807, 2.05) is 41.0 Å². The minimum atomic E-state index is -0.267. The Bertz CT molecular complexity index is 1210. The minimum Gasteiger partial charge on any atom is -0.325 e. The second kappa shape index (κ2) is 9.59. The van der Waals surface area contributed by atoms with Gasteiger partial charge in [0.05, 0.1) is 11.4 Å². The van der Waals surface area contributed by atoms with E-state index in [-0.39, 0.29) is 17.4 Å². The third-order valence-corrected chi connectivity index (χ3v) is 5.60. The molecule has 0 atom stereocenters. The van der Waals surface area contributed by atoms with E-state index in [9.17, 15) is 9.59 Å². The van der Waals surface area contributed by atoms with Gasteiger partial charge in [0.25, 0.3) is 0 Å². The fourth-order valence-electron chi connectivity index (χ4n) is 2.96. The van der Waals surface area contributed by atoms with Crippen LogP contribution in [-0.4, -0.2) is 32.2 Å². The molecule has 0 radical (unpaired) electrons. The van der Waals surface area contributed by atoms with Crippen molar-refractivity contribution in [2.75, 3.05) is 11.1 Å². The Morgan fingerprint density at radius 2 is 1.68 bits per heavy atom. The maximum atomic E-state index is 12.9. The van der Waals surface area contributed by atoms with Crippen molar-refractivity contribution in [3.63, 3.8) is 0 Å². The van der Waals surface area contributed by atoms with Crippen molar-refractivity contribution < 1.29 is 9.59 Å². The number of amides is 1. The first kappa shape index (κ1) is 20.8. The molecule has 0 aliphatic rings. The molecule has 0 saturated heterocycles. The normalized spacial score (nSPS) is 10.6. The van der Waals surface area contributed by atoms with Crippen LogP contribution in [0.2, 0.25) is 5.02 Å². The van der Waals surface area contributed by atoms with Crippen LogP contribution in [0.5, 0.6) is 0 Å². The van der Waals surface area contributed by atoms with Crippen molar-refractivity contribution in [1.82, 2.24) is 14.8 Å². The second-order valence-electron chi connectivity index (χ2n) is 6.54. The summed E-state index contributed by atoms with van der Waals surface area (Å²) < 4.78 is 1.81. The quantitative estimate of drug-likeness (QED) is 0.322. The standard InChI is InChI=1S/C23H17ClN4O2S/c24-17-11-12-20(19(13-17)22(30)16-7-3-1-4-8-16)26-21(29)14-31-23-27-25-15-28(23)18-9-5-2-6-10-18/h1-13,15H,14H2,(H,26,29). The molecule has 3 aromatic carbocycles. The number of halogens is 1. The number of anilines is 1. The summed E-state index contributed by atoms with van der Waals surface area (Å²) in [7, 11) is 0. The van der Waals surface area contributed by atoms with Gasteiger partial charge in [-0.25, -0.2) is 0 Å². The molecule has 0 saturated carbocycles. The summed E-state index contributed by atoms with van der Waals surface area (Å²) in [6.45, 7) is 0. The predicted octanol–water partition coefficient (Wildman–Crippen LogP) is 4.88. The van der Waals surface area contributed by atoms with Gasteiger partial charge in [-0.2, -0.15) is 0 Å². The molecule has 1 amide bonds. The average molecular weight is 449 g/mol. The lowest BCUT2D eigenvalue weighted by Crippen LogP contribution is -2.17. The van der Waals surface area contributed by atoms with Gasteiger partial charge in [0.15, 0.2) is 10.9 Å².